The molecule has 0 bridgehead atoms. The van der Waals surface area contributed by atoms with E-state index in [0.29, 0.717) is 38.5 Å². The SMILES string of the molecule is CC(=O)O[C@@H]1CC/C=C/C=C(\C)C[C@H]([C@@H](C)/C=C(C)/C=C/NC(=O)C=C(C)C)OC(=O)/C=C/CCC[C@@H](O)/C=C/[C@H]1O. The molecule has 0 aliphatic carbocycles. The van der Waals surface area contributed by atoms with Gasteiger partial charge in [-0.3, -0.25) is 9.59 Å². The van der Waals surface area contributed by atoms with E-state index in [-0.39, 0.29) is 11.8 Å². The van der Waals surface area contributed by atoms with Crippen LogP contribution in [0.15, 0.2) is 83.7 Å². The van der Waals surface area contributed by atoms with E-state index in [2.05, 4.69) is 5.32 Å². The second kappa shape index (κ2) is 20.4. The molecule has 232 valence electrons. The summed E-state index contributed by atoms with van der Waals surface area (Å²) in [5.41, 5.74) is 2.84. The number of ether oxygens (including phenoxy) is 2. The summed E-state index contributed by atoms with van der Waals surface area (Å²) in [5.74, 6) is -1.21. The monoisotopic (exact) mass is 583 g/mol. The van der Waals surface area contributed by atoms with Gasteiger partial charge in [-0.1, -0.05) is 66.2 Å². The molecule has 0 saturated carbocycles. The normalized spacial score (nSPS) is 27.9. The lowest BCUT2D eigenvalue weighted by Crippen LogP contribution is -2.29. The number of cyclic esters (lactones) is 1. The molecule has 1 aliphatic heterocycles. The summed E-state index contributed by atoms with van der Waals surface area (Å²) in [4.78, 5) is 36.0. The molecule has 1 rings (SSSR count). The number of hydrogen-bond donors (Lipinski definition) is 3. The summed E-state index contributed by atoms with van der Waals surface area (Å²) in [5, 5.41) is 23.5. The van der Waals surface area contributed by atoms with Crippen LogP contribution in [0.4, 0.5) is 0 Å². The topological polar surface area (TPSA) is 122 Å². The zero-order valence-corrected chi connectivity index (χ0v) is 25.9. The highest BCUT2D eigenvalue weighted by atomic mass is 16.6. The Morgan fingerprint density at radius 2 is 1.83 bits per heavy atom. The van der Waals surface area contributed by atoms with Crippen molar-refractivity contribution in [3.8, 4) is 0 Å². The molecule has 0 aromatic rings. The first kappa shape index (κ1) is 36.5. The van der Waals surface area contributed by atoms with E-state index in [0.717, 1.165) is 16.7 Å². The molecular formula is C34H49NO7. The molecule has 8 heteroatoms. The van der Waals surface area contributed by atoms with Crippen molar-refractivity contribution in [1.29, 1.82) is 0 Å². The number of aliphatic hydroxyl groups is 2. The van der Waals surface area contributed by atoms with Gasteiger partial charge in [0.15, 0.2) is 0 Å². The smallest absolute Gasteiger partial charge is 0.330 e. The lowest BCUT2D eigenvalue weighted by atomic mass is 9.95. The third-order valence-corrected chi connectivity index (χ3v) is 6.38. The second-order valence-corrected chi connectivity index (χ2v) is 11.0. The Morgan fingerprint density at radius 3 is 2.52 bits per heavy atom. The van der Waals surface area contributed by atoms with Gasteiger partial charge in [-0.15, -0.1) is 0 Å². The largest absolute Gasteiger partial charge is 0.459 e. The average Bonchev–Trinajstić information content (AvgIpc) is 2.89. The van der Waals surface area contributed by atoms with Crippen LogP contribution in [0.25, 0.3) is 0 Å². The summed E-state index contributed by atoms with van der Waals surface area (Å²) < 4.78 is 11.2. The molecule has 42 heavy (non-hydrogen) atoms. The lowest BCUT2D eigenvalue weighted by Gasteiger charge is -2.22. The summed E-state index contributed by atoms with van der Waals surface area (Å²) in [6.45, 7) is 10.9. The lowest BCUT2D eigenvalue weighted by molar-refractivity contribution is -0.151. The van der Waals surface area contributed by atoms with Crippen molar-refractivity contribution in [2.45, 2.75) is 104 Å². The zero-order valence-electron chi connectivity index (χ0n) is 25.9. The Bertz CT molecular complexity index is 1090. The molecule has 0 unspecified atom stereocenters. The molecule has 8 nitrogen and oxygen atoms in total. The van der Waals surface area contributed by atoms with E-state index in [1.165, 1.54) is 31.2 Å². The van der Waals surface area contributed by atoms with Crippen LogP contribution in [-0.4, -0.2) is 52.5 Å². The number of rotatable bonds is 6. The van der Waals surface area contributed by atoms with Crippen LogP contribution in [0.5, 0.6) is 0 Å². The van der Waals surface area contributed by atoms with Gasteiger partial charge in [-0.2, -0.15) is 0 Å². The number of carbonyl (C=O) groups excluding carboxylic acids is 3. The predicted molar refractivity (Wildman–Crippen MR) is 166 cm³/mol. The van der Waals surface area contributed by atoms with Crippen molar-refractivity contribution in [3.63, 3.8) is 0 Å². The van der Waals surface area contributed by atoms with E-state index in [1.807, 2.05) is 58.9 Å². The standard InChI is InChI=1S/C34H49NO7/c1-24(2)21-33(39)35-20-19-26(4)22-27(5)32-23-25(3)13-9-7-11-15-31(41-28(6)36)30(38)18-17-29(37)14-10-8-12-16-34(40)42-32/h7,9,12-13,16-22,27,29-32,37-38H,8,10-11,14-15,23H2,1-6H3,(H,35,39)/b9-7+,16-12+,18-17+,20-19+,25-13+,26-22+/t27-,29+,30+,31+,32+/m0/s1. The number of nitrogens with one attached hydrogen (secondary N) is 1. The molecular weight excluding hydrogens is 534 g/mol. The van der Waals surface area contributed by atoms with Gasteiger partial charge >= 0.3 is 11.9 Å². The maximum absolute atomic E-state index is 12.7. The molecule has 0 aromatic carbocycles. The molecule has 0 fully saturated rings. The summed E-state index contributed by atoms with van der Waals surface area (Å²) >= 11 is 0. The van der Waals surface area contributed by atoms with Gasteiger partial charge in [0.25, 0.3) is 0 Å². The Balaban J connectivity index is 3.09. The third-order valence-electron chi connectivity index (χ3n) is 6.38. The number of hydrogen-bond acceptors (Lipinski definition) is 7. The van der Waals surface area contributed by atoms with E-state index in [9.17, 15) is 24.6 Å². The first-order valence-corrected chi connectivity index (χ1v) is 14.6. The summed E-state index contributed by atoms with van der Waals surface area (Å²) in [6.07, 6.45) is 19.0. The predicted octanol–water partition coefficient (Wildman–Crippen LogP) is 5.70. The van der Waals surface area contributed by atoms with Crippen LogP contribution in [0.3, 0.4) is 0 Å². The molecule has 5 atom stereocenters. The van der Waals surface area contributed by atoms with Gasteiger partial charge in [0.05, 0.1) is 6.10 Å². The number of aliphatic hydroxyl groups excluding tert-OH is 2. The summed E-state index contributed by atoms with van der Waals surface area (Å²) in [7, 11) is 0. The van der Waals surface area contributed by atoms with Crippen molar-refractivity contribution in [1.82, 2.24) is 5.32 Å². The van der Waals surface area contributed by atoms with Crippen LogP contribution < -0.4 is 5.32 Å². The van der Waals surface area contributed by atoms with Gasteiger partial charge in [-0.05, 0) is 65.9 Å². The van der Waals surface area contributed by atoms with Crippen LogP contribution in [-0.2, 0) is 23.9 Å². The Labute approximate surface area is 251 Å². The highest BCUT2D eigenvalue weighted by Gasteiger charge is 2.21. The quantitative estimate of drug-likeness (QED) is 0.159. The highest BCUT2D eigenvalue weighted by Crippen LogP contribution is 2.21. The van der Waals surface area contributed by atoms with Gasteiger partial charge in [0.1, 0.15) is 18.3 Å². The van der Waals surface area contributed by atoms with Crippen LogP contribution in [0.1, 0.15) is 80.1 Å². The van der Waals surface area contributed by atoms with Gasteiger partial charge in [-0.25, -0.2) is 4.79 Å². The molecule has 0 saturated heterocycles. The van der Waals surface area contributed by atoms with Crippen molar-refractivity contribution in [2.75, 3.05) is 0 Å². The molecule has 0 radical (unpaired) electrons. The van der Waals surface area contributed by atoms with Crippen LogP contribution in [0, 0.1) is 5.92 Å². The fraction of sp³-hybridized carbons (Fsp3) is 0.500. The minimum absolute atomic E-state index is 0.112. The maximum atomic E-state index is 12.7. The third kappa shape index (κ3) is 17.4. The molecule has 0 spiro atoms. The fourth-order valence-corrected chi connectivity index (χ4v) is 4.23. The molecule has 1 heterocycles. The molecule has 3 N–H and O–H groups in total. The number of esters is 2. The molecule has 1 amide bonds. The summed E-state index contributed by atoms with van der Waals surface area (Å²) in [6, 6.07) is 0. The van der Waals surface area contributed by atoms with Gasteiger partial charge in [0.2, 0.25) is 5.91 Å². The fourth-order valence-electron chi connectivity index (χ4n) is 4.23. The van der Waals surface area contributed by atoms with Crippen molar-refractivity contribution >= 4 is 17.8 Å². The van der Waals surface area contributed by atoms with Crippen molar-refractivity contribution in [2.24, 2.45) is 5.92 Å². The number of carbonyl (C=O) groups is 3. The van der Waals surface area contributed by atoms with Gasteiger partial charge in [0, 0.05) is 37.6 Å². The Morgan fingerprint density at radius 1 is 1.10 bits per heavy atom. The zero-order chi connectivity index (χ0) is 31.5. The van der Waals surface area contributed by atoms with E-state index >= 15 is 0 Å². The molecule has 1 aliphatic rings. The molecule has 0 aromatic heterocycles. The van der Waals surface area contributed by atoms with E-state index in [1.54, 1.807) is 18.4 Å². The van der Waals surface area contributed by atoms with E-state index < -0.39 is 36.4 Å². The second-order valence-electron chi connectivity index (χ2n) is 11.0. The van der Waals surface area contributed by atoms with Crippen molar-refractivity contribution in [3.05, 3.63) is 83.7 Å². The Kier molecular flexibility index (Phi) is 17.7. The van der Waals surface area contributed by atoms with Gasteiger partial charge < -0.3 is 25.0 Å². The minimum atomic E-state index is -1.03. The van der Waals surface area contributed by atoms with Crippen molar-refractivity contribution < 1.29 is 34.1 Å². The maximum Gasteiger partial charge on any atom is 0.330 e. The first-order chi connectivity index (χ1) is 19.9. The highest BCUT2D eigenvalue weighted by molar-refractivity contribution is 5.88. The van der Waals surface area contributed by atoms with Crippen LogP contribution in [0.2, 0.25) is 0 Å². The minimum Gasteiger partial charge on any atom is -0.459 e. The number of amides is 1. The number of allylic oxidation sites excluding steroid dienone is 7. The Hall–Kier alpha value is -3.49. The first-order valence-electron chi connectivity index (χ1n) is 14.6. The van der Waals surface area contributed by atoms with E-state index in [4.69, 9.17) is 9.47 Å². The average molecular weight is 584 g/mol. The van der Waals surface area contributed by atoms with Crippen LogP contribution >= 0.6 is 0 Å².